The summed E-state index contributed by atoms with van der Waals surface area (Å²) in [5.41, 5.74) is -3.65. The van der Waals surface area contributed by atoms with Gasteiger partial charge in [0.05, 0.1) is 5.69 Å². The van der Waals surface area contributed by atoms with Gasteiger partial charge in [0.25, 0.3) is 5.60 Å². The third-order valence-electron chi connectivity index (χ3n) is 5.83. The number of fused-ring (bicyclic) bond motifs is 1. The average Bonchev–Trinajstić information content (AvgIpc) is 3.28. The molecule has 2 heterocycles. The fourth-order valence-electron chi connectivity index (χ4n) is 4.00. The summed E-state index contributed by atoms with van der Waals surface area (Å²) in [6.07, 6.45) is -11.4. The number of nitrogens with zero attached hydrogens (tertiary/aromatic N) is 2. The Labute approximate surface area is 190 Å². The predicted molar refractivity (Wildman–Crippen MR) is 113 cm³/mol. The number of rotatable bonds is 5. The highest BCUT2D eigenvalue weighted by molar-refractivity contribution is 5.82. The summed E-state index contributed by atoms with van der Waals surface area (Å²) in [5.74, 6) is 1.08. The number of hydrogen-bond donors (Lipinski definition) is 1. The largest absolute Gasteiger partial charge is 0.441 e. The number of oxazole rings is 1. The van der Waals surface area contributed by atoms with Crippen LogP contribution in [0.15, 0.2) is 59.0 Å². The highest BCUT2D eigenvalue weighted by atomic mass is 19.4. The lowest BCUT2D eigenvalue weighted by Crippen LogP contribution is -2.53. The predicted octanol–water partition coefficient (Wildman–Crippen LogP) is 6.47. The average molecular weight is 482 g/mol. The van der Waals surface area contributed by atoms with Gasteiger partial charge in [0.2, 0.25) is 5.89 Å². The molecule has 0 atom stereocenters. The molecular formula is C24H20F6N2O2. The van der Waals surface area contributed by atoms with Crippen molar-refractivity contribution in [2.24, 2.45) is 0 Å². The van der Waals surface area contributed by atoms with Crippen LogP contribution < -0.4 is 0 Å². The van der Waals surface area contributed by atoms with Crippen molar-refractivity contribution in [2.75, 3.05) is 0 Å². The molecule has 0 saturated heterocycles. The molecule has 0 aliphatic rings. The molecule has 0 unspecified atom stereocenters. The van der Waals surface area contributed by atoms with Crippen LogP contribution in [-0.2, 0) is 18.6 Å². The molecule has 2 aromatic heterocycles. The van der Waals surface area contributed by atoms with E-state index in [9.17, 15) is 31.4 Å². The monoisotopic (exact) mass is 482 g/mol. The van der Waals surface area contributed by atoms with Gasteiger partial charge in [-0.25, -0.2) is 4.98 Å². The van der Waals surface area contributed by atoms with E-state index in [1.807, 2.05) is 30.3 Å². The fourth-order valence-corrected chi connectivity index (χ4v) is 4.00. The van der Waals surface area contributed by atoms with Crippen molar-refractivity contribution in [1.82, 2.24) is 9.55 Å². The molecule has 0 saturated carbocycles. The van der Waals surface area contributed by atoms with Crippen molar-refractivity contribution in [3.8, 4) is 11.5 Å². The lowest BCUT2D eigenvalue weighted by atomic mass is 9.91. The quantitative estimate of drug-likeness (QED) is 0.332. The SMILES string of the molecule is Cc1oc(-c2ccccc2)nc1CCn1c(C)cc2cc(C(O)(C(F)(F)F)C(F)(F)F)ccc21. The number of benzene rings is 2. The molecule has 0 radical (unpaired) electrons. The van der Waals surface area contributed by atoms with Crippen LogP contribution in [0.2, 0.25) is 0 Å². The summed E-state index contributed by atoms with van der Waals surface area (Å²) >= 11 is 0. The summed E-state index contributed by atoms with van der Waals surface area (Å²) in [6, 6.07) is 13.3. The van der Waals surface area contributed by atoms with Crippen molar-refractivity contribution >= 4 is 10.9 Å². The second kappa shape index (κ2) is 8.19. The minimum Gasteiger partial charge on any atom is -0.441 e. The first-order valence-electron chi connectivity index (χ1n) is 10.3. The Morgan fingerprint density at radius 2 is 1.56 bits per heavy atom. The van der Waals surface area contributed by atoms with Gasteiger partial charge in [0.15, 0.2) is 0 Å². The van der Waals surface area contributed by atoms with Crippen LogP contribution in [0.4, 0.5) is 26.3 Å². The minimum atomic E-state index is -5.93. The second-order valence-corrected chi connectivity index (χ2v) is 8.05. The highest BCUT2D eigenvalue weighted by Gasteiger charge is 2.71. The Balaban J connectivity index is 1.65. The minimum absolute atomic E-state index is 0.156. The normalized spacial score (nSPS) is 13.1. The topological polar surface area (TPSA) is 51.2 Å². The molecule has 0 aliphatic carbocycles. The molecule has 0 spiro atoms. The van der Waals surface area contributed by atoms with E-state index < -0.39 is 23.5 Å². The van der Waals surface area contributed by atoms with Crippen LogP contribution in [-0.4, -0.2) is 27.0 Å². The Bertz CT molecular complexity index is 1310. The van der Waals surface area contributed by atoms with Gasteiger partial charge in [-0.1, -0.05) is 24.3 Å². The zero-order chi connectivity index (χ0) is 24.9. The molecule has 0 bridgehead atoms. The second-order valence-electron chi connectivity index (χ2n) is 8.05. The van der Waals surface area contributed by atoms with Gasteiger partial charge in [-0.05, 0) is 44.2 Å². The van der Waals surface area contributed by atoms with E-state index in [0.717, 1.165) is 17.7 Å². The van der Waals surface area contributed by atoms with Crippen molar-refractivity contribution in [2.45, 2.75) is 44.8 Å². The number of alkyl halides is 6. The Hall–Kier alpha value is -3.27. The van der Waals surface area contributed by atoms with Gasteiger partial charge >= 0.3 is 12.4 Å². The van der Waals surface area contributed by atoms with Crippen molar-refractivity contribution in [3.63, 3.8) is 0 Å². The number of hydrogen-bond acceptors (Lipinski definition) is 3. The van der Waals surface area contributed by atoms with Crippen molar-refractivity contribution in [3.05, 3.63) is 77.3 Å². The number of halogens is 6. The van der Waals surface area contributed by atoms with Crippen LogP contribution in [0, 0.1) is 13.8 Å². The van der Waals surface area contributed by atoms with Gasteiger partial charge < -0.3 is 14.1 Å². The summed E-state index contributed by atoms with van der Waals surface area (Å²) in [4.78, 5) is 4.53. The standard InChI is InChI=1S/C24H20F6N2O2/c1-14-12-17-13-18(22(33,23(25,26)27)24(28,29)30)8-9-20(17)32(14)11-10-19-15(2)34-21(31-19)16-6-4-3-5-7-16/h3-9,12-13,33H,10-11H2,1-2H3. The Kier molecular flexibility index (Phi) is 5.75. The molecule has 1 N–H and O–H groups in total. The molecule has 2 aromatic carbocycles. The van der Waals surface area contributed by atoms with E-state index in [1.165, 1.54) is 6.07 Å². The molecular weight excluding hydrogens is 462 g/mol. The van der Waals surface area contributed by atoms with Gasteiger partial charge in [-0.15, -0.1) is 0 Å². The zero-order valence-electron chi connectivity index (χ0n) is 18.1. The van der Waals surface area contributed by atoms with Crippen LogP contribution in [0.1, 0.15) is 22.7 Å². The Morgan fingerprint density at radius 1 is 0.912 bits per heavy atom. The van der Waals surface area contributed by atoms with Crippen LogP contribution in [0.25, 0.3) is 22.4 Å². The lowest BCUT2D eigenvalue weighted by Gasteiger charge is -2.32. The molecule has 4 aromatic rings. The van der Waals surface area contributed by atoms with Crippen LogP contribution in [0.3, 0.4) is 0 Å². The summed E-state index contributed by atoms with van der Waals surface area (Å²) < 4.78 is 87.0. The first kappa shape index (κ1) is 23.9. The van der Waals surface area contributed by atoms with Crippen molar-refractivity contribution in [1.29, 1.82) is 0 Å². The smallest absolute Gasteiger partial charge is 0.430 e. The Morgan fingerprint density at radius 3 is 2.18 bits per heavy atom. The maximum atomic E-state index is 13.3. The van der Waals surface area contributed by atoms with Gasteiger partial charge in [0.1, 0.15) is 5.76 Å². The molecule has 4 nitrogen and oxygen atoms in total. The third kappa shape index (κ3) is 3.96. The maximum absolute atomic E-state index is 13.3. The number of aryl methyl sites for hydroxylation is 4. The first-order chi connectivity index (χ1) is 15.8. The molecule has 0 aliphatic heterocycles. The van der Waals surface area contributed by atoms with E-state index in [4.69, 9.17) is 4.42 Å². The van der Waals surface area contributed by atoms with Crippen molar-refractivity contribution < 1.29 is 35.9 Å². The summed E-state index contributed by atoms with van der Waals surface area (Å²) in [7, 11) is 0. The van der Waals surface area contributed by atoms with Gasteiger partial charge in [-0.2, -0.15) is 26.3 Å². The lowest BCUT2D eigenvalue weighted by molar-refractivity contribution is -0.376. The van der Waals surface area contributed by atoms with Crippen LogP contribution >= 0.6 is 0 Å². The maximum Gasteiger partial charge on any atom is 0.430 e. The van der Waals surface area contributed by atoms with Gasteiger partial charge in [-0.3, -0.25) is 0 Å². The summed E-state index contributed by atoms with van der Waals surface area (Å²) in [6.45, 7) is 3.85. The third-order valence-corrected chi connectivity index (χ3v) is 5.83. The number of aliphatic hydroxyl groups is 1. The summed E-state index contributed by atoms with van der Waals surface area (Å²) in [5, 5.41) is 9.85. The molecule has 0 amide bonds. The van der Waals surface area contributed by atoms with E-state index in [-0.39, 0.29) is 5.39 Å². The van der Waals surface area contributed by atoms with Crippen LogP contribution in [0.5, 0.6) is 0 Å². The van der Waals surface area contributed by atoms with E-state index in [0.29, 0.717) is 47.6 Å². The molecule has 34 heavy (non-hydrogen) atoms. The van der Waals surface area contributed by atoms with E-state index in [2.05, 4.69) is 4.98 Å². The molecule has 4 rings (SSSR count). The molecule has 180 valence electrons. The number of aromatic nitrogens is 2. The fraction of sp³-hybridized carbons (Fsp3) is 0.292. The highest BCUT2D eigenvalue weighted by Crippen LogP contribution is 2.50. The van der Waals surface area contributed by atoms with E-state index >= 15 is 0 Å². The molecule has 0 fully saturated rings. The zero-order valence-corrected chi connectivity index (χ0v) is 18.1. The molecule has 10 heteroatoms. The van der Waals surface area contributed by atoms with Gasteiger partial charge in [0, 0.05) is 40.7 Å². The van der Waals surface area contributed by atoms with E-state index in [1.54, 1.807) is 18.4 Å². The first-order valence-corrected chi connectivity index (χ1v) is 10.3.